The Hall–Kier alpha value is -0.0800. The topological polar surface area (TPSA) is 32.3 Å². The maximum Gasteiger partial charge on any atom is 0.0693 e. The molecule has 0 aromatic rings. The monoisotopic (exact) mass is 199 g/mol. The van der Waals surface area contributed by atoms with Gasteiger partial charge in [-0.15, -0.1) is 0 Å². The first kappa shape index (κ1) is 12.0. The lowest BCUT2D eigenvalue weighted by Crippen LogP contribution is -2.50. The molecule has 1 fully saturated rings. The Morgan fingerprint density at radius 1 is 1.21 bits per heavy atom. The van der Waals surface area contributed by atoms with Crippen molar-refractivity contribution in [2.24, 2.45) is 5.41 Å². The fourth-order valence-corrected chi connectivity index (χ4v) is 1.88. The van der Waals surface area contributed by atoms with Gasteiger partial charge in [0.2, 0.25) is 0 Å². The van der Waals surface area contributed by atoms with Crippen molar-refractivity contribution in [3.8, 4) is 0 Å². The molecule has 0 spiro atoms. The summed E-state index contributed by atoms with van der Waals surface area (Å²) in [5.41, 5.74) is 0.275. The van der Waals surface area contributed by atoms with Crippen LogP contribution in [0.2, 0.25) is 0 Å². The fourth-order valence-electron chi connectivity index (χ4n) is 1.88. The first-order valence-electron chi connectivity index (χ1n) is 5.85. The van der Waals surface area contributed by atoms with Crippen LogP contribution in [0, 0.1) is 5.41 Å². The normalized spacial score (nSPS) is 31.5. The predicted molar refractivity (Wildman–Crippen MR) is 60.3 cm³/mol. The molecule has 0 aliphatic heterocycles. The Balaban J connectivity index is 2.42. The van der Waals surface area contributed by atoms with Crippen molar-refractivity contribution < 1.29 is 5.11 Å². The third-order valence-electron chi connectivity index (χ3n) is 3.49. The molecule has 0 bridgehead atoms. The number of nitrogens with one attached hydrogen (secondary N) is 1. The van der Waals surface area contributed by atoms with Crippen molar-refractivity contribution in [1.82, 2.24) is 5.32 Å². The molecule has 2 nitrogen and oxygen atoms in total. The second-order valence-electron chi connectivity index (χ2n) is 5.71. The Bertz CT molecular complexity index is 174. The standard InChI is InChI=1S/C12H25NO/c1-9(12(2,3)4)13-10-7-5-6-8-11(10)14/h9-11,13-14H,5-8H2,1-4H3. The third kappa shape index (κ3) is 3.25. The number of hydrogen-bond acceptors (Lipinski definition) is 2. The van der Waals surface area contributed by atoms with Crippen LogP contribution in [0.15, 0.2) is 0 Å². The van der Waals surface area contributed by atoms with Crippen LogP contribution in [0.25, 0.3) is 0 Å². The highest BCUT2D eigenvalue weighted by atomic mass is 16.3. The molecule has 3 atom stereocenters. The van der Waals surface area contributed by atoms with E-state index in [1.54, 1.807) is 0 Å². The highest BCUT2D eigenvalue weighted by molar-refractivity contribution is 4.86. The van der Waals surface area contributed by atoms with Gasteiger partial charge in [0, 0.05) is 12.1 Å². The van der Waals surface area contributed by atoms with E-state index in [1.165, 1.54) is 12.8 Å². The number of rotatable bonds is 2. The van der Waals surface area contributed by atoms with Crippen LogP contribution < -0.4 is 5.32 Å². The average Bonchev–Trinajstić information content (AvgIpc) is 2.07. The molecule has 2 N–H and O–H groups in total. The van der Waals surface area contributed by atoms with Crippen LogP contribution in [0.5, 0.6) is 0 Å². The number of aliphatic hydroxyl groups excluding tert-OH is 1. The Morgan fingerprint density at radius 3 is 2.29 bits per heavy atom. The quantitative estimate of drug-likeness (QED) is 0.715. The van der Waals surface area contributed by atoms with E-state index in [-0.39, 0.29) is 11.5 Å². The van der Waals surface area contributed by atoms with Gasteiger partial charge in [0.15, 0.2) is 0 Å². The average molecular weight is 199 g/mol. The molecule has 0 aromatic carbocycles. The first-order valence-corrected chi connectivity index (χ1v) is 5.85. The van der Waals surface area contributed by atoms with Crippen LogP contribution >= 0.6 is 0 Å². The van der Waals surface area contributed by atoms with Crippen LogP contribution in [0.3, 0.4) is 0 Å². The molecule has 14 heavy (non-hydrogen) atoms. The highest BCUT2D eigenvalue weighted by Crippen LogP contribution is 2.23. The summed E-state index contributed by atoms with van der Waals surface area (Å²) in [6, 6.07) is 0.776. The zero-order valence-corrected chi connectivity index (χ0v) is 10.0. The number of aliphatic hydroxyl groups is 1. The number of hydrogen-bond donors (Lipinski definition) is 2. The first-order chi connectivity index (χ1) is 6.41. The van der Waals surface area contributed by atoms with Crippen molar-refractivity contribution in [2.45, 2.75) is 71.6 Å². The molecular weight excluding hydrogens is 174 g/mol. The lowest BCUT2D eigenvalue weighted by Gasteiger charge is -2.36. The van der Waals surface area contributed by atoms with Crippen LogP contribution in [-0.4, -0.2) is 23.3 Å². The zero-order chi connectivity index (χ0) is 10.8. The van der Waals surface area contributed by atoms with E-state index in [1.807, 2.05) is 0 Å². The van der Waals surface area contributed by atoms with Crippen molar-refractivity contribution in [3.05, 3.63) is 0 Å². The minimum absolute atomic E-state index is 0.131. The molecule has 1 rings (SSSR count). The summed E-state index contributed by atoms with van der Waals surface area (Å²) in [5, 5.41) is 13.4. The van der Waals surface area contributed by atoms with E-state index in [2.05, 4.69) is 33.0 Å². The predicted octanol–water partition coefficient (Wildman–Crippen LogP) is 2.31. The van der Waals surface area contributed by atoms with Gasteiger partial charge in [-0.25, -0.2) is 0 Å². The van der Waals surface area contributed by atoms with Crippen LogP contribution in [0.1, 0.15) is 53.4 Å². The molecule has 1 aliphatic rings. The molecule has 0 saturated heterocycles. The van der Waals surface area contributed by atoms with Gasteiger partial charge in [0.1, 0.15) is 0 Å². The molecule has 1 saturated carbocycles. The van der Waals surface area contributed by atoms with Gasteiger partial charge in [-0.2, -0.15) is 0 Å². The minimum Gasteiger partial charge on any atom is -0.392 e. The SMILES string of the molecule is CC(NC1CCCCC1O)C(C)(C)C. The molecule has 2 heteroatoms. The summed E-state index contributed by atoms with van der Waals surface area (Å²) >= 11 is 0. The zero-order valence-electron chi connectivity index (χ0n) is 10.0. The molecule has 1 aliphatic carbocycles. The van der Waals surface area contributed by atoms with E-state index in [9.17, 15) is 5.11 Å². The molecule has 0 radical (unpaired) electrons. The van der Waals surface area contributed by atoms with Crippen molar-refractivity contribution in [1.29, 1.82) is 0 Å². The molecular formula is C12H25NO. The lowest BCUT2D eigenvalue weighted by molar-refractivity contribution is 0.0760. The smallest absolute Gasteiger partial charge is 0.0693 e. The van der Waals surface area contributed by atoms with Gasteiger partial charge < -0.3 is 10.4 Å². The van der Waals surface area contributed by atoms with Crippen molar-refractivity contribution in [2.75, 3.05) is 0 Å². The Labute approximate surface area is 88.1 Å². The van der Waals surface area contributed by atoms with Gasteiger partial charge in [0.05, 0.1) is 6.10 Å². The largest absolute Gasteiger partial charge is 0.392 e. The van der Waals surface area contributed by atoms with Gasteiger partial charge in [-0.1, -0.05) is 33.6 Å². The van der Waals surface area contributed by atoms with E-state index >= 15 is 0 Å². The van der Waals surface area contributed by atoms with Gasteiger partial charge in [0.25, 0.3) is 0 Å². The van der Waals surface area contributed by atoms with Gasteiger partial charge in [-0.3, -0.25) is 0 Å². The molecule has 0 amide bonds. The fraction of sp³-hybridized carbons (Fsp3) is 1.00. The lowest BCUT2D eigenvalue weighted by atomic mass is 9.85. The van der Waals surface area contributed by atoms with E-state index in [4.69, 9.17) is 0 Å². The van der Waals surface area contributed by atoms with E-state index in [0.29, 0.717) is 12.1 Å². The summed E-state index contributed by atoms with van der Waals surface area (Å²) in [6.45, 7) is 8.92. The summed E-state index contributed by atoms with van der Waals surface area (Å²) in [4.78, 5) is 0. The summed E-state index contributed by atoms with van der Waals surface area (Å²) in [7, 11) is 0. The van der Waals surface area contributed by atoms with Crippen molar-refractivity contribution in [3.63, 3.8) is 0 Å². The third-order valence-corrected chi connectivity index (χ3v) is 3.49. The summed E-state index contributed by atoms with van der Waals surface area (Å²) < 4.78 is 0. The van der Waals surface area contributed by atoms with E-state index < -0.39 is 0 Å². The van der Waals surface area contributed by atoms with E-state index in [0.717, 1.165) is 12.8 Å². The minimum atomic E-state index is -0.131. The second kappa shape index (κ2) is 4.63. The maximum absolute atomic E-state index is 9.82. The molecule has 0 heterocycles. The summed E-state index contributed by atoms with van der Waals surface area (Å²) in [6.07, 6.45) is 4.40. The van der Waals surface area contributed by atoms with Crippen LogP contribution in [-0.2, 0) is 0 Å². The Kier molecular flexibility index (Phi) is 3.96. The second-order valence-corrected chi connectivity index (χ2v) is 5.71. The molecule has 84 valence electrons. The van der Waals surface area contributed by atoms with Crippen LogP contribution in [0.4, 0.5) is 0 Å². The van der Waals surface area contributed by atoms with Gasteiger partial charge in [-0.05, 0) is 25.2 Å². The molecule has 0 aromatic heterocycles. The Morgan fingerprint density at radius 2 is 1.79 bits per heavy atom. The highest BCUT2D eigenvalue weighted by Gasteiger charge is 2.28. The van der Waals surface area contributed by atoms with Crippen molar-refractivity contribution >= 4 is 0 Å². The summed E-state index contributed by atoms with van der Waals surface area (Å²) in [5.74, 6) is 0. The van der Waals surface area contributed by atoms with Gasteiger partial charge >= 0.3 is 0 Å². The maximum atomic E-state index is 9.82. The molecule has 3 unspecified atom stereocenters.